The molecule has 0 aliphatic carbocycles. The lowest BCUT2D eigenvalue weighted by molar-refractivity contribution is -0.151. The fourth-order valence-electron chi connectivity index (χ4n) is 11.5. The average molecular weight is 1200 g/mol. The number of ether oxygens (including phenoxy) is 4. The second kappa shape index (κ2) is 67.5. The third-order valence-corrected chi connectivity index (χ3v) is 17.4. The summed E-state index contributed by atoms with van der Waals surface area (Å²) >= 11 is 0. The number of hydrogen-bond donors (Lipinski definition) is 1. The topological polar surface area (TPSA) is 125 Å². The van der Waals surface area contributed by atoms with Crippen molar-refractivity contribution in [3.8, 4) is 0 Å². The van der Waals surface area contributed by atoms with Crippen LogP contribution in [-0.4, -0.2) is 60.0 Å². The van der Waals surface area contributed by atoms with E-state index in [9.17, 15) is 24.3 Å². The number of carbonyl (C=O) groups excluding carboxylic acids is 4. The minimum atomic E-state index is -0.153. The monoisotopic (exact) mass is 1200 g/mol. The average Bonchev–Trinajstić information content (AvgIpc) is 3.52. The van der Waals surface area contributed by atoms with Gasteiger partial charge in [0.15, 0.2) is 0 Å². The van der Waals surface area contributed by atoms with E-state index in [4.69, 9.17) is 18.9 Å². The molecule has 0 aromatic heterocycles. The van der Waals surface area contributed by atoms with Crippen LogP contribution in [0.5, 0.6) is 0 Å². The van der Waals surface area contributed by atoms with E-state index in [1.165, 1.54) is 205 Å². The molecule has 0 atom stereocenters. The highest BCUT2D eigenvalue weighted by Gasteiger charge is 2.21. The van der Waals surface area contributed by atoms with Gasteiger partial charge in [0.25, 0.3) is 0 Å². The van der Waals surface area contributed by atoms with Gasteiger partial charge in [0, 0.05) is 32.3 Å². The predicted molar refractivity (Wildman–Crippen MR) is 363 cm³/mol. The maximum absolute atomic E-state index is 12.8. The zero-order valence-corrected chi connectivity index (χ0v) is 58.1. The molecule has 0 unspecified atom stereocenters. The Hall–Kier alpha value is -2.42. The van der Waals surface area contributed by atoms with Gasteiger partial charge in [-0.1, -0.05) is 273 Å². The molecule has 0 spiro atoms. The van der Waals surface area contributed by atoms with Gasteiger partial charge >= 0.3 is 23.9 Å². The first kappa shape index (κ1) is 84.6. The second-order valence-electron chi connectivity index (χ2n) is 25.9. The number of esters is 4. The summed E-state index contributed by atoms with van der Waals surface area (Å²) in [6, 6.07) is 0. The van der Waals surface area contributed by atoms with Crippen molar-refractivity contribution in [1.29, 1.82) is 0 Å². The molecule has 0 aromatic carbocycles. The molecule has 0 saturated carbocycles. The number of carbonyl (C=O) groups is 4. The fraction of sp³-hybridized carbons (Fsp3) is 0.921. The molecule has 0 heterocycles. The van der Waals surface area contributed by atoms with Crippen LogP contribution >= 0.6 is 0 Å². The largest absolute Gasteiger partial charge is 0.462 e. The van der Waals surface area contributed by atoms with Gasteiger partial charge in [0.1, 0.15) is 24.4 Å². The van der Waals surface area contributed by atoms with Crippen LogP contribution in [-0.2, 0) is 38.1 Å². The molecule has 0 saturated heterocycles. The molecule has 9 heteroatoms. The summed E-state index contributed by atoms with van der Waals surface area (Å²) in [4.78, 5) is 50.9. The number of aliphatic hydroxyl groups excluding tert-OH is 1. The first-order valence-corrected chi connectivity index (χ1v) is 37.5. The van der Waals surface area contributed by atoms with Crippen molar-refractivity contribution >= 4 is 23.9 Å². The summed E-state index contributed by atoms with van der Waals surface area (Å²) in [6.45, 7) is 22.0. The number of allylic oxidation sites excluding steroid dienone is 1. The summed E-state index contributed by atoms with van der Waals surface area (Å²) in [5.41, 5.74) is 0.940. The van der Waals surface area contributed by atoms with E-state index in [2.05, 4.69) is 62.0 Å². The van der Waals surface area contributed by atoms with Gasteiger partial charge in [-0.2, -0.15) is 0 Å². The first-order chi connectivity index (χ1) is 41.5. The van der Waals surface area contributed by atoms with E-state index in [0.717, 1.165) is 108 Å². The van der Waals surface area contributed by atoms with Gasteiger partial charge in [-0.25, -0.2) is 0 Å². The van der Waals surface area contributed by atoms with E-state index in [-0.39, 0.29) is 60.8 Å². The van der Waals surface area contributed by atoms with Crippen LogP contribution in [0.25, 0.3) is 0 Å². The Morgan fingerprint density at radius 3 is 0.612 bits per heavy atom. The van der Waals surface area contributed by atoms with Crippen molar-refractivity contribution < 1.29 is 43.2 Å². The van der Waals surface area contributed by atoms with Crippen LogP contribution < -0.4 is 0 Å². The van der Waals surface area contributed by atoms with E-state index >= 15 is 0 Å². The minimum absolute atomic E-state index is 0.0131. The lowest BCUT2D eigenvalue weighted by Gasteiger charge is -2.20. The summed E-state index contributed by atoms with van der Waals surface area (Å²) in [5, 5.41) is 9.96. The van der Waals surface area contributed by atoms with E-state index in [1.807, 2.05) is 0 Å². The number of hydrogen-bond acceptors (Lipinski definition) is 9. The van der Waals surface area contributed by atoms with Gasteiger partial charge in [-0.05, 0) is 134 Å². The molecule has 9 nitrogen and oxygen atoms in total. The SMILES string of the molecule is C=C(CCC(=O)OC(CCCCCCC)CCCCCCC)CCC(=O)OC(CCCCCCC)CCCCCCC.CCCCCCCC(CCCCCCC)OC(=O)CCC(CO)CCC(=O)OC(CCCCCCC)CCCCCCC. The number of rotatable bonds is 65. The van der Waals surface area contributed by atoms with Gasteiger partial charge in [-0.3, -0.25) is 19.2 Å². The Bertz CT molecular complexity index is 1290. The third-order valence-electron chi connectivity index (χ3n) is 17.4. The van der Waals surface area contributed by atoms with Crippen LogP contribution in [0.4, 0.5) is 0 Å². The zero-order valence-electron chi connectivity index (χ0n) is 58.1. The summed E-state index contributed by atoms with van der Waals surface area (Å²) in [7, 11) is 0. The van der Waals surface area contributed by atoms with E-state index < -0.39 is 0 Å². The Morgan fingerprint density at radius 1 is 0.259 bits per heavy atom. The van der Waals surface area contributed by atoms with Crippen LogP contribution in [0.15, 0.2) is 12.2 Å². The first-order valence-electron chi connectivity index (χ1n) is 37.5. The van der Waals surface area contributed by atoms with Crippen LogP contribution in [0, 0.1) is 5.92 Å². The highest BCUT2D eigenvalue weighted by Crippen LogP contribution is 2.24. The molecule has 0 aliphatic rings. The molecule has 0 aliphatic heterocycles. The van der Waals surface area contributed by atoms with Crippen molar-refractivity contribution in [2.24, 2.45) is 5.92 Å². The molecule has 85 heavy (non-hydrogen) atoms. The zero-order chi connectivity index (χ0) is 62.9. The summed E-state index contributed by atoms with van der Waals surface area (Å²) in [6.07, 6.45) is 60.5. The normalized spacial score (nSPS) is 11.5. The second-order valence-corrected chi connectivity index (χ2v) is 25.9. The molecular weight excluding hydrogens is 1060 g/mol. The smallest absolute Gasteiger partial charge is 0.306 e. The number of unbranched alkanes of at least 4 members (excludes halogenated alkanes) is 32. The molecule has 504 valence electrons. The Labute approximate surface area is 528 Å². The Balaban J connectivity index is 0. The molecule has 0 rings (SSSR count). The van der Waals surface area contributed by atoms with Crippen molar-refractivity contribution in [3.05, 3.63) is 12.2 Å². The molecule has 0 fully saturated rings. The van der Waals surface area contributed by atoms with Crippen molar-refractivity contribution in [1.82, 2.24) is 0 Å². The van der Waals surface area contributed by atoms with Crippen LogP contribution in [0.1, 0.15) is 415 Å². The van der Waals surface area contributed by atoms with Crippen molar-refractivity contribution in [2.45, 2.75) is 439 Å². The molecule has 1 N–H and O–H groups in total. The third kappa shape index (κ3) is 61.6. The van der Waals surface area contributed by atoms with Crippen LogP contribution in [0.3, 0.4) is 0 Å². The Morgan fingerprint density at radius 2 is 0.435 bits per heavy atom. The minimum Gasteiger partial charge on any atom is -0.462 e. The highest BCUT2D eigenvalue weighted by atomic mass is 16.6. The van der Waals surface area contributed by atoms with Crippen molar-refractivity contribution in [2.75, 3.05) is 6.61 Å². The molecular formula is C76H146O9. The fourth-order valence-corrected chi connectivity index (χ4v) is 11.5. The van der Waals surface area contributed by atoms with Gasteiger partial charge in [0.2, 0.25) is 0 Å². The van der Waals surface area contributed by atoms with Gasteiger partial charge in [-0.15, -0.1) is 0 Å². The highest BCUT2D eigenvalue weighted by molar-refractivity contribution is 5.71. The standard InChI is InChI=1S/C38H74O5.C38H72O4/c1-5-9-13-17-21-25-35(26-22-18-14-10-6-2)42-37(40)31-29-34(33-39)30-32-38(41)43-36(27-23-19-15-11-7-3)28-24-20-16-12-8-4;1-6-10-14-18-22-26-35(27-23-19-15-11-7-2)41-37(39)32-30-34(5)31-33-38(40)42-36(28-24-20-16-12-8-3)29-25-21-17-13-9-4/h34-36,39H,5-33H2,1-4H3;35-36H,5-33H2,1-4H3. The van der Waals surface area contributed by atoms with E-state index in [0.29, 0.717) is 51.4 Å². The van der Waals surface area contributed by atoms with E-state index in [1.54, 1.807) is 0 Å². The summed E-state index contributed by atoms with van der Waals surface area (Å²) in [5.74, 6) is -0.615. The maximum Gasteiger partial charge on any atom is 0.306 e. The number of aliphatic hydroxyl groups is 1. The van der Waals surface area contributed by atoms with Gasteiger partial charge < -0.3 is 24.1 Å². The molecule has 0 aromatic rings. The predicted octanol–water partition coefficient (Wildman–Crippen LogP) is 23.8. The van der Waals surface area contributed by atoms with Crippen molar-refractivity contribution in [3.63, 3.8) is 0 Å². The lowest BCUT2D eigenvalue weighted by Crippen LogP contribution is -2.21. The quantitative estimate of drug-likeness (QED) is 0.0274. The van der Waals surface area contributed by atoms with Crippen LogP contribution in [0.2, 0.25) is 0 Å². The lowest BCUT2D eigenvalue weighted by atomic mass is 9.98. The maximum atomic E-state index is 12.8. The Kier molecular flexibility index (Phi) is 67.2. The molecule has 0 radical (unpaired) electrons. The summed E-state index contributed by atoms with van der Waals surface area (Å²) < 4.78 is 23.8. The molecule has 0 amide bonds. The molecule has 0 bridgehead atoms. The van der Waals surface area contributed by atoms with Gasteiger partial charge in [0.05, 0.1) is 0 Å².